The van der Waals surface area contributed by atoms with Crippen molar-refractivity contribution in [1.82, 2.24) is 30.1 Å². The number of anilines is 1. The first-order valence-electron chi connectivity index (χ1n) is 14.2. The number of hydrogen-bond acceptors (Lipinski definition) is 8. The topological polar surface area (TPSA) is 109 Å². The van der Waals surface area contributed by atoms with E-state index in [9.17, 15) is 14.9 Å². The number of halogens is 1. The van der Waals surface area contributed by atoms with Crippen molar-refractivity contribution >= 4 is 33.6 Å². The number of piperidine rings is 1. The molecule has 40 heavy (non-hydrogen) atoms. The largest absolute Gasteiger partial charge is 0.340 e. The number of likely N-dealkylation sites (tertiary alicyclic amines) is 1. The van der Waals surface area contributed by atoms with Gasteiger partial charge in [0.25, 0.3) is 5.91 Å². The highest BCUT2D eigenvalue weighted by atomic mass is 79.9. The highest BCUT2D eigenvalue weighted by molar-refractivity contribution is 9.10. The molecule has 0 spiro atoms. The lowest BCUT2D eigenvalue weighted by atomic mass is 9.94. The Morgan fingerprint density at radius 3 is 2.38 bits per heavy atom. The van der Waals surface area contributed by atoms with E-state index in [2.05, 4.69) is 48.2 Å². The molecule has 1 aromatic carbocycles. The summed E-state index contributed by atoms with van der Waals surface area (Å²) in [5.74, 6) is 0.802. The number of nitrogens with zero attached hydrogens (tertiary/aromatic N) is 7. The van der Waals surface area contributed by atoms with Crippen molar-refractivity contribution in [3.05, 3.63) is 51.9 Å². The monoisotopic (exact) mass is 608 g/mol. The van der Waals surface area contributed by atoms with Gasteiger partial charge in [0.2, 0.25) is 11.7 Å². The van der Waals surface area contributed by atoms with Gasteiger partial charge in [-0.05, 0) is 79.4 Å². The van der Waals surface area contributed by atoms with E-state index >= 15 is 0 Å². The molecule has 1 aromatic heterocycles. The first-order valence-corrected chi connectivity index (χ1v) is 15.0. The molecule has 3 fully saturated rings. The van der Waals surface area contributed by atoms with E-state index in [0.29, 0.717) is 21.8 Å². The number of carbonyl (C=O) groups excluding carboxylic acids is 2. The summed E-state index contributed by atoms with van der Waals surface area (Å²) in [5.41, 5.74) is 4.75. The third-order valence-corrected chi connectivity index (χ3v) is 8.90. The van der Waals surface area contributed by atoms with Gasteiger partial charge in [-0.3, -0.25) is 24.9 Å². The molecule has 3 heterocycles. The molecule has 0 unspecified atom stereocenters. The highest BCUT2D eigenvalue weighted by Crippen LogP contribution is 2.30. The van der Waals surface area contributed by atoms with Gasteiger partial charge in [0.1, 0.15) is 6.07 Å². The Labute approximate surface area is 244 Å². The van der Waals surface area contributed by atoms with Crippen LogP contribution in [-0.2, 0) is 11.3 Å². The minimum Gasteiger partial charge on any atom is -0.340 e. The SMILES string of the molecule is CN1CCN(C(=O)C2CCN(Cc3ccc(C(=O)NN(c4nc(C#N)ncc4Br)C4CCCC4)cc3)CC2)CC1. The van der Waals surface area contributed by atoms with E-state index in [1.54, 1.807) is 11.2 Å². The second-order valence-corrected chi connectivity index (χ2v) is 12.0. The predicted octanol–water partition coefficient (Wildman–Crippen LogP) is 3.19. The third kappa shape index (κ3) is 6.79. The molecule has 11 heteroatoms. The van der Waals surface area contributed by atoms with Crippen molar-refractivity contribution < 1.29 is 9.59 Å². The Bertz CT molecular complexity index is 1230. The lowest BCUT2D eigenvalue weighted by molar-refractivity contribution is -0.138. The molecule has 1 saturated carbocycles. The Kier molecular flexibility index (Phi) is 9.29. The zero-order chi connectivity index (χ0) is 28.1. The Morgan fingerprint density at radius 2 is 1.73 bits per heavy atom. The first kappa shape index (κ1) is 28.5. The van der Waals surface area contributed by atoms with E-state index < -0.39 is 0 Å². The van der Waals surface area contributed by atoms with Crippen LogP contribution in [0.5, 0.6) is 0 Å². The van der Waals surface area contributed by atoms with Gasteiger partial charge in [-0.25, -0.2) is 4.98 Å². The van der Waals surface area contributed by atoms with Crippen LogP contribution >= 0.6 is 15.9 Å². The number of carbonyl (C=O) groups is 2. The number of benzene rings is 1. The summed E-state index contributed by atoms with van der Waals surface area (Å²) >= 11 is 3.49. The number of hydrazine groups is 1. The summed E-state index contributed by atoms with van der Waals surface area (Å²) in [5, 5.41) is 11.1. The number of amides is 2. The molecule has 212 valence electrons. The number of hydrogen-bond donors (Lipinski definition) is 1. The average molecular weight is 610 g/mol. The molecular weight excluding hydrogens is 572 g/mol. The quantitative estimate of drug-likeness (QED) is 0.477. The maximum atomic E-state index is 13.3. The molecule has 5 rings (SSSR count). The average Bonchev–Trinajstić information content (AvgIpc) is 3.52. The normalized spacial score (nSPS) is 19.4. The van der Waals surface area contributed by atoms with Crippen LogP contribution in [0.25, 0.3) is 0 Å². The van der Waals surface area contributed by atoms with Gasteiger partial charge < -0.3 is 9.80 Å². The van der Waals surface area contributed by atoms with Crippen LogP contribution in [0.3, 0.4) is 0 Å². The van der Waals surface area contributed by atoms with E-state index in [-0.39, 0.29) is 23.7 Å². The number of nitrogens with one attached hydrogen (secondary N) is 1. The fraction of sp³-hybridized carbons (Fsp3) is 0.552. The molecule has 10 nitrogen and oxygen atoms in total. The summed E-state index contributed by atoms with van der Waals surface area (Å²) in [6.45, 7) is 6.20. The van der Waals surface area contributed by atoms with E-state index in [4.69, 9.17) is 0 Å². The molecule has 0 atom stereocenters. The van der Waals surface area contributed by atoms with E-state index in [1.165, 1.54) is 0 Å². The summed E-state index contributed by atoms with van der Waals surface area (Å²) in [6, 6.07) is 9.81. The van der Waals surface area contributed by atoms with Gasteiger partial charge in [0.05, 0.1) is 10.5 Å². The second-order valence-electron chi connectivity index (χ2n) is 11.1. The molecular formula is C29H37BrN8O2. The Morgan fingerprint density at radius 1 is 1.05 bits per heavy atom. The van der Waals surface area contributed by atoms with Crippen LogP contribution in [0.2, 0.25) is 0 Å². The molecule has 2 saturated heterocycles. The zero-order valence-corrected chi connectivity index (χ0v) is 24.6. The fourth-order valence-electron chi connectivity index (χ4n) is 5.88. The van der Waals surface area contributed by atoms with Crippen molar-refractivity contribution in [2.24, 2.45) is 5.92 Å². The van der Waals surface area contributed by atoms with Gasteiger partial charge in [-0.1, -0.05) is 25.0 Å². The zero-order valence-electron chi connectivity index (χ0n) is 23.1. The van der Waals surface area contributed by atoms with Crippen molar-refractivity contribution in [3.63, 3.8) is 0 Å². The van der Waals surface area contributed by atoms with Crippen LogP contribution in [0.15, 0.2) is 34.9 Å². The maximum absolute atomic E-state index is 13.3. The molecule has 3 aliphatic rings. The molecule has 2 aromatic rings. The van der Waals surface area contributed by atoms with Crippen LogP contribution in [0, 0.1) is 17.2 Å². The van der Waals surface area contributed by atoms with Crippen LogP contribution in [0.4, 0.5) is 5.82 Å². The molecule has 0 radical (unpaired) electrons. The smallest absolute Gasteiger partial charge is 0.269 e. The van der Waals surface area contributed by atoms with Crippen LogP contribution in [-0.4, -0.2) is 88.8 Å². The number of likely N-dealkylation sites (N-methyl/N-ethyl adjacent to an activating group) is 1. The first-order chi connectivity index (χ1) is 19.4. The maximum Gasteiger partial charge on any atom is 0.269 e. The van der Waals surface area contributed by atoms with Crippen molar-refractivity contribution in [1.29, 1.82) is 5.26 Å². The lowest BCUT2D eigenvalue weighted by Gasteiger charge is -2.37. The minimum absolute atomic E-state index is 0.0625. The summed E-state index contributed by atoms with van der Waals surface area (Å²) in [4.78, 5) is 41.3. The van der Waals surface area contributed by atoms with Gasteiger partial charge in [-0.2, -0.15) is 10.2 Å². The molecule has 1 N–H and O–H groups in total. The van der Waals surface area contributed by atoms with Crippen LogP contribution < -0.4 is 10.4 Å². The number of rotatable bonds is 7. The van der Waals surface area contributed by atoms with E-state index in [1.807, 2.05) is 35.2 Å². The number of nitriles is 1. The van der Waals surface area contributed by atoms with Gasteiger partial charge in [-0.15, -0.1) is 0 Å². The number of piperazine rings is 1. The summed E-state index contributed by atoms with van der Waals surface area (Å²) < 4.78 is 0.628. The van der Waals surface area contributed by atoms with E-state index in [0.717, 1.165) is 89.9 Å². The highest BCUT2D eigenvalue weighted by Gasteiger charge is 2.30. The lowest BCUT2D eigenvalue weighted by Crippen LogP contribution is -2.50. The molecule has 0 bridgehead atoms. The van der Waals surface area contributed by atoms with Gasteiger partial charge in [0.15, 0.2) is 5.82 Å². The predicted molar refractivity (Wildman–Crippen MR) is 155 cm³/mol. The minimum atomic E-state index is -0.217. The Balaban J connectivity index is 1.16. The standard InChI is InChI=1S/C29H37BrN8O2/c1-35-14-16-37(17-15-35)29(40)23-10-12-36(13-11-23)20-21-6-8-22(9-7-21)28(39)34-38(24-4-2-3-5-24)27-25(30)19-32-26(18-31)33-27/h6-9,19,23-24H,2-5,10-17,20H2,1H3,(H,34,39). The summed E-state index contributed by atoms with van der Waals surface area (Å²) in [7, 11) is 2.11. The second kappa shape index (κ2) is 13.1. The van der Waals surface area contributed by atoms with Crippen LogP contribution in [0.1, 0.15) is 60.3 Å². The third-order valence-electron chi connectivity index (χ3n) is 8.34. The molecule has 2 aliphatic heterocycles. The van der Waals surface area contributed by atoms with Crippen molar-refractivity contribution in [2.45, 2.75) is 51.1 Å². The number of aromatic nitrogens is 2. The van der Waals surface area contributed by atoms with Crippen molar-refractivity contribution in [3.8, 4) is 6.07 Å². The van der Waals surface area contributed by atoms with Gasteiger partial charge >= 0.3 is 0 Å². The summed E-state index contributed by atoms with van der Waals surface area (Å²) in [6.07, 6.45) is 7.39. The Hall–Kier alpha value is -3.07. The molecule has 2 amide bonds. The van der Waals surface area contributed by atoms with Crippen molar-refractivity contribution in [2.75, 3.05) is 51.3 Å². The van der Waals surface area contributed by atoms with Gasteiger partial charge in [0, 0.05) is 50.4 Å². The fourth-order valence-corrected chi connectivity index (χ4v) is 6.26. The molecule has 1 aliphatic carbocycles.